The molecule has 0 spiro atoms. The zero-order valence-corrected chi connectivity index (χ0v) is 18.9. The molecule has 0 fully saturated rings. The van der Waals surface area contributed by atoms with Gasteiger partial charge in [0.1, 0.15) is 11.5 Å². The molecule has 3 aromatic rings. The molecule has 0 bridgehead atoms. The summed E-state index contributed by atoms with van der Waals surface area (Å²) in [5.41, 5.74) is 3.90. The van der Waals surface area contributed by atoms with Gasteiger partial charge in [0.2, 0.25) is 0 Å². The molecule has 2 aromatic carbocycles. The van der Waals surface area contributed by atoms with E-state index < -0.39 is 10.9 Å². The van der Waals surface area contributed by atoms with Crippen LogP contribution in [0.4, 0.5) is 11.4 Å². The van der Waals surface area contributed by atoms with Gasteiger partial charge in [0.15, 0.2) is 0 Å². The molecule has 1 aliphatic rings. The minimum Gasteiger partial charge on any atom is -0.478 e. The number of amides is 1. The van der Waals surface area contributed by atoms with Crippen molar-refractivity contribution in [3.05, 3.63) is 86.7 Å². The molecule has 9 heteroatoms. The van der Waals surface area contributed by atoms with Crippen LogP contribution in [0.5, 0.6) is 0 Å². The topological polar surface area (TPSA) is 126 Å². The van der Waals surface area contributed by atoms with Crippen molar-refractivity contribution in [2.24, 2.45) is 5.10 Å². The Hall–Kier alpha value is -4.53. The normalized spacial score (nSPS) is 14.9. The molecule has 1 aliphatic heterocycles. The van der Waals surface area contributed by atoms with E-state index >= 15 is 0 Å². The number of furan rings is 1. The fraction of sp³-hybridized carbons (Fsp3) is 0.160. The van der Waals surface area contributed by atoms with Crippen molar-refractivity contribution in [2.75, 3.05) is 5.01 Å². The summed E-state index contributed by atoms with van der Waals surface area (Å²) in [4.78, 5) is 35.4. The third-order valence-electron chi connectivity index (χ3n) is 5.80. The monoisotopic (exact) mass is 459 g/mol. The lowest BCUT2D eigenvalue weighted by molar-refractivity contribution is -0.384. The van der Waals surface area contributed by atoms with Crippen LogP contribution < -0.4 is 5.01 Å². The lowest BCUT2D eigenvalue weighted by Gasteiger charge is -2.12. The molecule has 2 heterocycles. The van der Waals surface area contributed by atoms with Crippen LogP contribution in [0, 0.1) is 24.0 Å². The SMILES string of the molecule is CC1=NN(c2ccc(C(=O)O)cc2)C(=O)/C1=C(/C)c1ccc(-c2cc(C)c(C)cc2[N+](=O)[O-])o1. The van der Waals surface area contributed by atoms with Gasteiger partial charge in [0.25, 0.3) is 11.6 Å². The first kappa shape index (κ1) is 22.7. The van der Waals surface area contributed by atoms with Crippen LogP contribution in [0.25, 0.3) is 16.9 Å². The van der Waals surface area contributed by atoms with E-state index in [1.165, 1.54) is 35.3 Å². The quantitative estimate of drug-likeness (QED) is 0.311. The summed E-state index contributed by atoms with van der Waals surface area (Å²) in [6.45, 7) is 7.10. The van der Waals surface area contributed by atoms with E-state index in [1.54, 1.807) is 32.0 Å². The van der Waals surface area contributed by atoms with Crippen LogP contribution in [-0.2, 0) is 4.79 Å². The van der Waals surface area contributed by atoms with Crippen molar-refractivity contribution < 1.29 is 24.0 Å². The highest BCUT2D eigenvalue weighted by atomic mass is 16.6. The molecule has 0 unspecified atom stereocenters. The molecule has 1 aromatic heterocycles. The van der Waals surface area contributed by atoms with Crippen molar-refractivity contribution in [1.82, 2.24) is 0 Å². The first-order valence-electron chi connectivity index (χ1n) is 10.4. The maximum Gasteiger partial charge on any atom is 0.335 e. The Morgan fingerprint density at radius 3 is 2.32 bits per heavy atom. The van der Waals surface area contributed by atoms with Crippen LogP contribution in [0.1, 0.15) is 41.1 Å². The zero-order valence-electron chi connectivity index (χ0n) is 18.9. The van der Waals surface area contributed by atoms with Crippen molar-refractivity contribution >= 4 is 34.5 Å². The van der Waals surface area contributed by atoms with E-state index in [9.17, 15) is 19.7 Å². The van der Waals surface area contributed by atoms with Crippen molar-refractivity contribution in [1.29, 1.82) is 0 Å². The third-order valence-corrected chi connectivity index (χ3v) is 5.80. The maximum atomic E-state index is 13.2. The van der Waals surface area contributed by atoms with Gasteiger partial charge in [-0.25, -0.2) is 4.79 Å². The van der Waals surface area contributed by atoms with Crippen molar-refractivity contribution in [3.63, 3.8) is 0 Å². The number of carbonyl (C=O) groups is 2. The molecule has 0 saturated carbocycles. The highest BCUT2D eigenvalue weighted by Crippen LogP contribution is 2.36. The molecular weight excluding hydrogens is 438 g/mol. The van der Waals surface area contributed by atoms with Gasteiger partial charge >= 0.3 is 5.97 Å². The van der Waals surface area contributed by atoms with Gasteiger partial charge in [-0.3, -0.25) is 14.9 Å². The number of allylic oxidation sites excluding steroid dienone is 1. The summed E-state index contributed by atoms with van der Waals surface area (Å²) in [6, 6.07) is 12.4. The van der Waals surface area contributed by atoms with Crippen molar-refractivity contribution in [2.45, 2.75) is 27.7 Å². The zero-order chi connectivity index (χ0) is 24.7. The summed E-state index contributed by atoms with van der Waals surface area (Å²) in [5.74, 6) is -0.726. The van der Waals surface area contributed by atoms with E-state index in [2.05, 4.69) is 5.10 Å². The molecule has 1 N–H and O–H groups in total. The number of hydrazone groups is 1. The lowest BCUT2D eigenvalue weighted by atomic mass is 10.0. The van der Waals surface area contributed by atoms with E-state index in [0.29, 0.717) is 39.6 Å². The van der Waals surface area contributed by atoms with Crippen LogP contribution in [-0.4, -0.2) is 27.6 Å². The number of hydrogen-bond acceptors (Lipinski definition) is 6. The third kappa shape index (κ3) is 3.88. The average Bonchev–Trinajstić information content (AvgIpc) is 3.39. The fourth-order valence-electron chi connectivity index (χ4n) is 3.81. The lowest BCUT2D eigenvalue weighted by Crippen LogP contribution is -2.22. The van der Waals surface area contributed by atoms with Gasteiger partial charge in [0, 0.05) is 11.6 Å². The first-order chi connectivity index (χ1) is 16.1. The van der Waals surface area contributed by atoms with E-state index in [1.807, 2.05) is 13.8 Å². The number of nitro groups is 1. The van der Waals surface area contributed by atoms with Crippen LogP contribution in [0.2, 0.25) is 0 Å². The predicted molar refractivity (Wildman–Crippen MR) is 127 cm³/mol. The summed E-state index contributed by atoms with van der Waals surface area (Å²) in [6.07, 6.45) is 0. The number of nitro benzene ring substituents is 1. The second-order valence-electron chi connectivity index (χ2n) is 8.03. The number of carboxylic acid groups (broad SMARTS) is 1. The fourth-order valence-corrected chi connectivity index (χ4v) is 3.81. The number of anilines is 1. The summed E-state index contributed by atoms with van der Waals surface area (Å²) >= 11 is 0. The number of aryl methyl sites for hydroxylation is 2. The molecule has 1 amide bonds. The number of benzene rings is 2. The van der Waals surface area contributed by atoms with Gasteiger partial charge < -0.3 is 9.52 Å². The second kappa shape index (κ2) is 8.43. The average molecular weight is 459 g/mol. The van der Waals surface area contributed by atoms with Gasteiger partial charge in [-0.05, 0) is 81.3 Å². The minimum atomic E-state index is -1.06. The minimum absolute atomic E-state index is 0.0556. The Morgan fingerprint density at radius 2 is 1.71 bits per heavy atom. The Bertz CT molecular complexity index is 1410. The Kier molecular flexibility index (Phi) is 5.62. The number of nitrogens with zero attached hydrogens (tertiary/aromatic N) is 3. The summed E-state index contributed by atoms with van der Waals surface area (Å²) in [5, 5.41) is 26.2. The van der Waals surface area contributed by atoms with Gasteiger partial charge in [0.05, 0.1) is 33.0 Å². The molecule has 0 atom stereocenters. The number of carboxylic acids is 1. The highest BCUT2D eigenvalue weighted by molar-refractivity contribution is 6.33. The Morgan fingerprint density at radius 1 is 1.06 bits per heavy atom. The Balaban J connectivity index is 1.70. The molecular formula is C25H21N3O6. The van der Waals surface area contributed by atoms with E-state index in [4.69, 9.17) is 9.52 Å². The molecule has 9 nitrogen and oxygen atoms in total. The van der Waals surface area contributed by atoms with Crippen LogP contribution in [0.3, 0.4) is 0 Å². The second-order valence-corrected chi connectivity index (χ2v) is 8.03. The number of rotatable bonds is 5. The predicted octanol–water partition coefficient (Wildman–Crippen LogP) is 5.37. The molecule has 34 heavy (non-hydrogen) atoms. The summed E-state index contributed by atoms with van der Waals surface area (Å²) in [7, 11) is 0. The van der Waals surface area contributed by atoms with Crippen LogP contribution >= 0.6 is 0 Å². The van der Waals surface area contributed by atoms with Gasteiger partial charge in [-0.1, -0.05) is 0 Å². The van der Waals surface area contributed by atoms with E-state index in [-0.39, 0.29) is 17.2 Å². The summed E-state index contributed by atoms with van der Waals surface area (Å²) < 4.78 is 5.96. The van der Waals surface area contributed by atoms with Crippen LogP contribution in [0.15, 0.2) is 63.6 Å². The molecule has 0 aliphatic carbocycles. The Labute approximate surface area is 194 Å². The highest BCUT2D eigenvalue weighted by Gasteiger charge is 2.32. The number of hydrogen-bond donors (Lipinski definition) is 1. The smallest absolute Gasteiger partial charge is 0.335 e. The molecule has 172 valence electrons. The molecule has 0 saturated heterocycles. The first-order valence-corrected chi connectivity index (χ1v) is 10.4. The van der Waals surface area contributed by atoms with Gasteiger partial charge in [-0.2, -0.15) is 10.1 Å². The molecule has 0 radical (unpaired) electrons. The van der Waals surface area contributed by atoms with Gasteiger partial charge in [-0.15, -0.1) is 0 Å². The van der Waals surface area contributed by atoms with E-state index in [0.717, 1.165) is 11.1 Å². The van der Waals surface area contributed by atoms with Crippen molar-refractivity contribution in [3.8, 4) is 11.3 Å². The number of aromatic carboxylic acids is 1. The largest absolute Gasteiger partial charge is 0.478 e. The molecule has 4 rings (SSSR count). The number of carbonyl (C=O) groups excluding carboxylic acids is 1. The maximum absolute atomic E-state index is 13.2. The standard InChI is InChI=1S/C25H21N3O6/c1-13-11-19(20(28(32)33)12-14(13)2)22-10-9-21(34-22)15(3)23-16(4)26-27(24(23)29)18-7-5-17(6-8-18)25(30)31/h5-12H,1-4H3,(H,30,31)/b23-15-.